The average Bonchev–Trinajstić information content (AvgIpc) is 3.27. The van der Waals surface area contributed by atoms with Crippen molar-refractivity contribution in [1.29, 1.82) is 0 Å². The summed E-state index contributed by atoms with van der Waals surface area (Å²) in [5, 5.41) is 10.8. The van der Waals surface area contributed by atoms with Crippen LogP contribution < -0.4 is 10.2 Å². The normalized spacial score (nSPS) is 15.2. The van der Waals surface area contributed by atoms with Crippen LogP contribution in [0.15, 0.2) is 48.5 Å². The van der Waals surface area contributed by atoms with Crippen LogP contribution in [0.3, 0.4) is 0 Å². The first-order valence-corrected chi connectivity index (χ1v) is 11.5. The maximum atomic E-state index is 11.7. The number of hydrogen-bond donors (Lipinski definition) is 1. The summed E-state index contributed by atoms with van der Waals surface area (Å²) < 4.78 is 1.80. The summed E-state index contributed by atoms with van der Waals surface area (Å²) in [7, 11) is 0. The molecule has 0 bridgehead atoms. The van der Waals surface area contributed by atoms with Crippen LogP contribution in [0.5, 0.6) is 0 Å². The molecule has 1 aliphatic rings. The summed E-state index contributed by atoms with van der Waals surface area (Å²) in [6.07, 6.45) is 0.746. The van der Waals surface area contributed by atoms with Crippen LogP contribution in [0.2, 0.25) is 0 Å². The van der Waals surface area contributed by atoms with Gasteiger partial charge in [-0.25, -0.2) is 0 Å². The summed E-state index contributed by atoms with van der Waals surface area (Å²) in [4.78, 5) is 25.2. The molecule has 1 atom stereocenters. The Kier molecular flexibility index (Phi) is 5.58. The lowest BCUT2D eigenvalue weighted by atomic mass is 10.0. The van der Waals surface area contributed by atoms with Gasteiger partial charge in [-0.05, 0) is 29.3 Å². The Morgan fingerprint density at radius 2 is 1.79 bits per heavy atom. The maximum Gasteiger partial charge on any atom is 0.256 e. The second kappa shape index (κ2) is 8.69. The molecule has 8 nitrogen and oxygen atoms in total. The Balaban J connectivity index is 1.46. The van der Waals surface area contributed by atoms with E-state index < -0.39 is 0 Å². The molecule has 3 heterocycles. The standard InChI is InChI=1S/C25H29N7O/c1-4-22-27-25-28-23(31-13-11-30(12-14-31)18(3)33)16-24(32(25)29-22)26-17(2)20-10-9-19-7-5-6-8-21(19)15-20/h5-10,15-17,26H,4,11-14H2,1-3H3/t17-/m1/s1. The molecule has 2 aromatic heterocycles. The van der Waals surface area contributed by atoms with Crippen molar-refractivity contribution < 1.29 is 4.79 Å². The van der Waals surface area contributed by atoms with E-state index in [-0.39, 0.29) is 11.9 Å². The lowest BCUT2D eigenvalue weighted by molar-refractivity contribution is -0.129. The zero-order valence-electron chi connectivity index (χ0n) is 19.3. The molecule has 1 saturated heterocycles. The highest BCUT2D eigenvalue weighted by Crippen LogP contribution is 2.26. The van der Waals surface area contributed by atoms with Crippen molar-refractivity contribution in [2.75, 3.05) is 36.4 Å². The molecule has 1 amide bonds. The van der Waals surface area contributed by atoms with Crippen LogP contribution in [0.1, 0.15) is 38.2 Å². The number of carbonyl (C=O) groups excluding carboxylic acids is 1. The van der Waals surface area contributed by atoms with E-state index in [1.54, 1.807) is 11.4 Å². The third-order valence-corrected chi connectivity index (χ3v) is 6.35. The van der Waals surface area contributed by atoms with Gasteiger partial charge in [0.2, 0.25) is 5.91 Å². The summed E-state index contributed by atoms with van der Waals surface area (Å²) >= 11 is 0. The second-order valence-corrected chi connectivity index (χ2v) is 8.56. The van der Waals surface area contributed by atoms with Gasteiger partial charge in [0.1, 0.15) is 11.6 Å². The number of amides is 1. The van der Waals surface area contributed by atoms with E-state index in [1.165, 1.54) is 16.3 Å². The number of benzene rings is 2. The largest absolute Gasteiger partial charge is 0.363 e. The fourth-order valence-electron chi connectivity index (χ4n) is 4.34. The van der Waals surface area contributed by atoms with Gasteiger partial charge in [-0.1, -0.05) is 43.3 Å². The Bertz CT molecular complexity index is 1310. The van der Waals surface area contributed by atoms with Gasteiger partial charge in [-0.3, -0.25) is 4.79 Å². The number of anilines is 2. The first-order chi connectivity index (χ1) is 16.0. The van der Waals surface area contributed by atoms with E-state index in [2.05, 4.69) is 69.7 Å². The van der Waals surface area contributed by atoms with Gasteiger partial charge in [0.15, 0.2) is 5.82 Å². The molecule has 0 spiro atoms. The number of carbonyl (C=O) groups is 1. The number of nitrogens with one attached hydrogen (secondary N) is 1. The van der Waals surface area contributed by atoms with Crippen molar-refractivity contribution in [3.63, 3.8) is 0 Å². The van der Waals surface area contributed by atoms with Gasteiger partial charge in [0.25, 0.3) is 5.78 Å². The number of aromatic nitrogens is 4. The van der Waals surface area contributed by atoms with Crippen molar-refractivity contribution in [3.8, 4) is 0 Å². The van der Waals surface area contributed by atoms with Gasteiger partial charge in [-0.2, -0.15) is 14.5 Å². The third-order valence-electron chi connectivity index (χ3n) is 6.35. The van der Waals surface area contributed by atoms with Crippen LogP contribution in [0, 0.1) is 0 Å². The molecule has 33 heavy (non-hydrogen) atoms. The highest BCUT2D eigenvalue weighted by atomic mass is 16.2. The second-order valence-electron chi connectivity index (χ2n) is 8.56. The molecule has 4 aromatic rings. The van der Waals surface area contributed by atoms with Crippen molar-refractivity contribution >= 4 is 34.1 Å². The molecule has 0 unspecified atom stereocenters. The summed E-state index contributed by atoms with van der Waals surface area (Å²) in [5.41, 5.74) is 1.20. The number of rotatable bonds is 5. The van der Waals surface area contributed by atoms with E-state index >= 15 is 0 Å². The molecular formula is C25H29N7O. The SMILES string of the molecule is CCc1nc2nc(N3CCN(C(C)=O)CC3)cc(N[C@H](C)c3ccc4ccccc4c3)n2n1. The van der Waals surface area contributed by atoms with Crippen LogP contribution in [-0.2, 0) is 11.2 Å². The minimum atomic E-state index is 0.0666. The zero-order chi connectivity index (χ0) is 22.9. The number of fused-ring (bicyclic) bond motifs is 2. The molecule has 0 saturated carbocycles. The highest BCUT2D eigenvalue weighted by Gasteiger charge is 2.22. The van der Waals surface area contributed by atoms with Gasteiger partial charge in [0.05, 0.1) is 0 Å². The van der Waals surface area contributed by atoms with E-state index in [4.69, 9.17) is 4.98 Å². The van der Waals surface area contributed by atoms with Gasteiger partial charge in [0, 0.05) is 51.6 Å². The molecule has 0 aliphatic carbocycles. The van der Waals surface area contributed by atoms with E-state index in [0.717, 1.165) is 37.0 Å². The Labute approximate surface area is 193 Å². The van der Waals surface area contributed by atoms with Gasteiger partial charge < -0.3 is 15.1 Å². The fourth-order valence-corrected chi connectivity index (χ4v) is 4.34. The molecule has 1 N–H and O–H groups in total. The van der Waals surface area contributed by atoms with E-state index in [0.29, 0.717) is 18.9 Å². The average molecular weight is 444 g/mol. The topological polar surface area (TPSA) is 78.7 Å². The molecule has 0 radical (unpaired) electrons. The zero-order valence-corrected chi connectivity index (χ0v) is 19.3. The van der Waals surface area contributed by atoms with Crippen molar-refractivity contribution in [2.24, 2.45) is 0 Å². The summed E-state index contributed by atoms with van der Waals surface area (Å²) in [6.45, 7) is 8.71. The van der Waals surface area contributed by atoms with E-state index in [9.17, 15) is 4.79 Å². The number of aryl methyl sites for hydroxylation is 1. The first kappa shape index (κ1) is 21.2. The predicted octanol–water partition coefficient (Wildman–Crippen LogP) is 3.68. The van der Waals surface area contributed by atoms with Crippen molar-refractivity contribution in [1.82, 2.24) is 24.5 Å². The van der Waals surface area contributed by atoms with Gasteiger partial charge >= 0.3 is 0 Å². The molecule has 8 heteroatoms. The Morgan fingerprint density at radius 3 is 2.52 bits per heavy atom. The lowest BCUT2D eigenvalue weighted by Crippen LogP contribution is -2.48. The lowest BCUT2D eigenvalue weighted by Gasteiger charge is -2.35. The predicted molar refractivity (Wildman–Crippen MR) is 131 cm³/mol. The van der Waals surface area contributed by atoms with Crippen LogP contribution in [-0.4, -0.2) is 56.6 Å². The van der Waals surface area contributed by atoms with Crippen LogP contribution >= 0.6 is 0 Å². The van der Waals surface area contributed by atoms with Crippen LogP contribution in [0.4, 0.5) is 11.6 Å². The van der Waals surface area contributed by atoms with E-state index in [1.807, 2.05) is 17.9 Å². The molecule has 1 aliphatic heterocycles. The third kappa shape index (κ3) is 4.20. The fraction of sp³-hybridized carbons (Fsp3) is 0.360. The molecule has 2 aromatic carbocycles. The van der Waals surface area contributed by atoms with Crippen molar-refractivity contribution in [2.45, 2.75) is 33.2 Å². The minimum Gasteiger partial charge on any atom is -0.363 e. The van der Waals surface area contributed by atoms with Crippen LogP contribution in [0.25, 0.3) is 16.6 Å². The first-order valence-electron chi connectivity index (χ1n) is 11.5. The quantitative estimate of drug-likeness (QED) is 0.507. The van der Waals surface area contributed by atoms with Crippen molar-refractivity contribution in [3.05, 3.63) is 59.9 Å². The Morgan fingerprint density at radius 1 is 1.03 bits per heavy atom. The molecule has 1 fully saturated rings. The molecular weight excluding hydrogens is 414 g/mol. The minimum absolute atomic E-state index is 0.0666. The monoisotopic (exact) mass is 443 g/mol. The summed E-state index contributed by atoms with van der Waals surface area (Å²) in [6, 6.07) is 17.1. The molecule has 170 valence electrons. The number of hydrogen-bond acceptors (Lipinski definition) is 6. The maximum absolute atomic E-state index is 11.7. The summed E-state index contributed by atoms with van der Waals surface area (Å²) in [5.74, 6) is 3.19. The smallest absolute Gasteiger partial charge is 0.256 e. The molecule has 5 rings (SSSR count). The Hall–Kier alpha value is -3.68. The highest BCUT2D eigenvalue weighted by molar-refractivity contribution is 5.83. The number of piperazine rings is 1. The van der Waals surface area contributed by atoms with Gasteiger partial charge in [-0.15, -0.1) is 5.10 Å². The number of nitrogens with zero attached hydrogens (tertiary/aromatic N) is 6.